The van der Waals surface area contributed by atoms with Gasteiger partial charge in [0.2, 0.25) is 11.8 Å². The number of hydrogen-bond donors (Lipinski definition) is 2. The van der Waals surface area contributed by atoms with E-state index in [1.165, 1.54) is 0 Å². The molecule has 0 aromatic rings. The van der Waals surface area contributed by atoms with Gasteiger partial charge < -0.3 is 15.5 Å². The van der Waals surface area contributed by atoms with Crippen LogP contribution in [0.4, 0.5) is 0 Å². The summed E-state index contributed by atoms with van der Waals surface area (Å²) in [6.45, 7) is 2.42. The highest BCUT2D eigenvalue weighted by molar-refractivity contribution is 5.83. The third-order valence-electron chi connectivity index (χ3n) is 3.36. The monoisotopic (exact) mass is 225 g/mol. The lowest BCUT2D eigenvalue weighted by molar-refractivity contribution is -0.126. The fourth-order valence-electron chi connectivity index (χ4n) is 2.35. The van der Waals surface area contributed by atoms with Crippen LogP contribution in [0, 0.1) is 5.92 Å². The number of nitrogens with one attached hydrogen (secondary N) is 2. The third kappa shape index (κ3) is 2.52. The summed E-state index contributed by atoms with van der Waals surface area (Å²) in [7, 11) is 1.77. The number of rotatable bonds is 2. The summed E-state index contributed by atoms with van der Waals surface area (Å²) in [4.78, 5) is 24.9. The number of amides is 2. The molecule has 2 saturated heterocycles. The van der Waals surface area contributed by atoms with E-state index in [1.807, 2.05) is 0 Å². The van der Waals surface area contributed by atoms with Gasteiger partial charge in [0.05, 0.1) is 12.0 Å². The molecule has 0 aromatic carbocycles. The van der Waals surface area contributed by atoms with Crippen LogP contribution in [0.2, 0.25) is 0 Å². The van der Waals surface area contributed by atoms with Crippen molar-refractivity contribution in [3.05, 3.63) is 0 Å². The Morgan fingerprint density at radius 3 is 2.94 bits per heavy atom. The second kappa shape index (κ2) is 4.82. The highest BCUT2D eigenvalue weighted by atomic mass is 16.2. The van der Waals surface area contributed by atoms with Gasteiger partial charge in [-0.1, -0.05) is 0 Å². The van der Waals surface area contributed by atoms with Gasteiger partial charge in [-0.3, -0.25) is 9.59 Å². The highest BCUT2D eigenvalue weighted by Gasteiger charge is 2.30. The summed E-state index contributed by atoms with van der Waals surface area (Å²) in [5.74, 6) is 0.294. The number of likely N-dealkylation sites (tertiary alicyclic amines) is 1. The molecule has 5 nitrogen and oxygen atoms in total. The van der Waals surface area contributed by atoms with E-state index < -0.39 is 0 Å². The summed E-state index contributed by atoms with van der Waals surface area (Å²) < 4.78 is 0. The minimum absolute atomic E-state index is 0.00641. The molecule has 2 unspecified atom stereocenters. The van der Waals surface area contributed by atoms with Crippen molar-refractivity contribution in [2.24, 2.45) is 5.92 Å². The van der Waals surface area contributed by atoms with E-state index >= 15 is 0 Å². The zero-order valence-electron chi connectivity index (χ0n) is 9.66. The second-order valence-corrected chi connectivity index (χ2v) is 4.73. The Kier molecular flexibility index (Phi) is 3.43. The van der Waals surface area contributed by atoms with Crippen molar-refractivity contribution in [3.63, 3.8) is 0 Å². The van der Waals surface area contributed by atoms with Crippen molar-refractivity contribution < 1.29 is 9.59 Å². The Morgan fingerprint density at radius 1 is 1.56 bits per heavy atom. The van der Waals surface area contributed by atoms with E-state index in [2.05, 4.69) is 10.6 Å². The number of nitrogens with zero attached hydrogens (tertiary/aromatic N) is 1. The number of hydrogen-bond acceptors (Lipinski definition) is 3. The normalized spacial score (nSPS) is 30.6. The largest absolute Gasteiger partial charge is 0.351 e. The van der Waals surface area contributed by atoms with Crippen LogP contribution in [0.3, 0.4) is 0 Å². The molecule has 2 rings (SSSR count). The first-order chi connectivity index (χ1) is 7.66. The SMILES string of the molecule is CN1CC(NC(=O)C2CCCNC2)CC1=O. The van der Waals surface area contributed by atoms with Gasteiger partial charge in [0.1, 0.15) is 0 Å². The van der Waals surface area contributed by atoms with Gasteiger partial charge in [-0.05, 0) is 19.4 Å². The average molecular weight is 225 g/mol. The van der Waals surface area contributed by atoms with E-state index in [0.717, 1.165) is 25.9 Å². The minimum Gasteiger partial charge on any atom is -0.351 e. The van der Waals surface area contributed by atoms with E-state index in [1.54, 1.807) is 11.9 Å². The first kappa shape index (κ1) is 11.4. The molecule has 90 valence electrons. The smallest absolute Gasteiger partial charge is 0.224 e. The zero-order chi connectivity index (χ0) is 11.5. The summed E-state index contributed by atoms with van der Waals surface area (Å²) in [5, 5.41) is 6.19. The molecule has 2 aliphatic rings. The lowest BCUT2D eigenvalue weighted by Crippen LogP contribution is -2.45. The van der Waals surface area contributed by atoms with E-state index in [9.17, 15) is 9.59 Å². The number of carbonyl (C=O) groups is 2. The molecule has 2 heterocycles. The average Bonchev–Trinajstić information content (AvgIpc) is 2.59. The summed E-state index contributed by atoms with van der Waals surface area (Å²) in [5.41, 5.74) is 0. The first-order valence-corrected chi connectivity index (χ1v) is 5.92. The molecule has 0 spiro atoms. The molecule has 16 heavy (non-hydrogen) atoms. The molecule has 2 N–H and O–H groups in total. The Balaban J connectivity index is 1.81. The first-order valence-electron chi connectivity index (χ1n) is 5.92. The van der Waals surface area contributed by atoms with Crippen LogP contribution in [0.25, 0.3) is 0 Å². The molecule has 0 saturated carbocycles. The van der Waals surface area contributed by atoms with Crippen LogP contribution in [-0.2, 0) is 9.59 Å². The maximum atomic E-state index is 11.9. The van der Waals surface area contributed by atoms with Gasteiger partial charge in [-0.2, -0.15) is 0 Å². The van der Waals surface area contributed by atoms with Crippen molar-refractivity contribution in [1.29, 1.82) is 0 Å². The maximum Gasteiger partial charge on any atom is 0.224 e. The summed E-state index contributed by atoms with van der Waals surface area (Å²) in [6, 6.07) is 0.00641. The van der Waals surface area contributed by atoms with E-state index in [-0.39, 0.29) is 23.8 Å². The minimum atomic E-state index is 0.00641. The summed E-state index contributed by atoms with van der Waals surface area (Å²) in [6.07, 6.45) is 2.46. The molecule has 0 bridgehead atoms. The zero-order valence-corrected chi connectivity index (χ0v) is 9.66. The fraction of sp³-hybridized carbons (Fsp3) is 0.818. The molecule has 0 aromatic heterocycles. The number of piperidine rings is 1. The highest BCUT2D eigenvalue weighted by Crippen LogP contribution is 2.13. The Labute approximate surface area is 95.6 Å². The van der Waals surface area contributed by atoms with Crippen LogP contribution in [-0.4, -0.2) is 49.4 Å². The molecule has 5 heteroatoms. The number of likely N-dealkylation sites (N-methyl/N-ethyl adjacent to an activating group) is 1. The van der Waals surface area contributed by atoms with Gasteiger partial charge in [0.15, 0.2) is 0 Å². The van der Waals surface area contributed by atoms with Crippen LogP contribution in [0.15, 0.2) is 0 Å². The Morgan fingerprint density at radius 2 is 2.38 bits per heavy atom. The molecule has 0 radical (unpaired) electrons. The molecule has 2 atom stereocenters. The topological polar surface area (TPSA) is 61.4 Å². The van der Waals surface area contributed by atoms with E-state index in [4.69, 9.17) is 0 Å². The van der Waals surface area contributed by atoms with Gasteiger partial charge in [-0.25, -0.2) is 0 Å². The molecular weight excluding hydrogens is 206 g/mol. The van der Waals surface area contributed by atoms with Crippen molar-refractivity contribution in [2.45, 2.75) is 25.3 Å². The standard InChI is InChI=1S/C11H19N3O2/c1-14-7-9(5-10(14)15)13-11(16)8-3-2-4-12-6-8/h8-9,12H,2-7H2,1H3,(H,13,16). The Hall–Kier alpha value is -1.10. The fourth-order valence-corrected chi connectivity index (χ4v) is 2.35. The summed E-state index contributed by atoms with van der Waals surface area (Å²) >= 11 is 0. The molecule has 2 amide bonds. The van der Waals surface area contributed by atoms with Crippen LogP contribution in [0.1, 0.15) is 19.3 Å². The van der Waals surface area contributed by atoms with Crippen molar-refractivity contribution in [2.75, 3.05) is 26.7 Å². The van der Waals surface area contributed by atoms with Gasteiger partial charge in [0.25, 0.3) is 0 Å². The van der Waals surface area contributed by atoms with E-state index in [0.29, 0.717) is 13.0 Å². The predicted molar refractivity (Wildman–Crippen MR) is 59.8 cm³/mol. The van der Waals surface area contributed by atoms with Gasteiger partial charge in [0, 0.05) is 26.6 Å². The van der Waals surface area contributed by atoms with Crippen molar-refractivity contribution in [3.8, 4) is 0 Å². The predicted octanol–water partition coefficient (Wildman–Crippen LogP) is -0.667. The van der Waals surface area contributed by atoms with Gasteiger partial charge in [-0.15, -0.1) is 0 Å². The Bertz CT molecular complexity index is 287. The molecule has 2 aliphatic heterocycles. The van der Waals surface area contributed by atoms with Crippen LogP contribution < -0.4 is 10.6 Å². The maximum absolute atomic E-state index is 11.9. The quantitative estimate of drug-likeness (QED) is 0.655. The lowest BCUT2D eigenvalue weighted by Gasteiger charge is -2.23. The number of carbonyl (C=O) groups excluding carboxylic acids is 2. The van der Waals surface area contributed by atoms with Crippen molar-refractivity contribution >= 4 is 11.8 Å². The molecular formula is C11H19N3O2. The van der Waals surface area contributed by atoms with Crippen LogP contribution in [0.5, 0.6) is 0 Å². The second-order valence-electron chi connectivity index (χ2n) is 4.73. The van der Waals surface area contributed by atoms with Crippen molar-refractivity contribution in [1.82, 2.24) is 15.5 Å². The van der Waals surface area contributed by atoms with Gasteiger partial charge >= 0.3 is 0 Å². The third-order valence-corrected chi connectivity index (χ3v) is 3.36. The lowest BCUT2D eigenvalue weighted by atomic mass is 9.98. The van der Waals surface area contributed by atoms with Crippen LogP contribution >= 0.6 is 0 Å². The molecule has 2 fully saturated rings. The molecule has 0 aliphatic carbocycles.